The fourth-order valence-corrected chi connectivity index (χ4v) is 6.22. The Morgan fingerprint density at radius 1 is 1.29 bits per heavy atom. The van der Waals surface area contributed by atoms with E-state index in [4.69, 9.17) is 9.47 Å². The van der Waals surface area contributed by atoms with Crippen LogP contribution in [-0.2, 0) is 14.9 Å². The van der Waals surface area contributed by atoms with Crippen molar-refractivity contribution in [3.63, 3.8) is 0 Å². The molecule has 1 saturated heterocycles. The molecule has 1 saturated carbocycles. The minimum absolute atomic E-state index is 0.0189. The van der Waals surface area contributed by atoms with E-state index in [2.05, 4.69) is 22.4 Å². The Kier molecular flexibility index (Phi) is 5.91. The molecule has 202 valence electrons. The lowest BCUT2D eigenvalue weighted by Gasteiger charge is -2.44. The molecule has 1 aromatic carbocycles. The molecule has 11 heteroatoms. The number of aromatic nitrogens is 1. The van der Waals surface area contributed by atoms with E-state index in [9.17, 15) is 18.0 Å². The number of rotatable bonds is 5. The number of benzene rings is 1. The third kappa shape index (κ3) is 4.03. The van der Waals surface area contributed by atoms with Crippen LogP contribution in [0.5, 0.6) is 5.88 Å². The van der Waals surface area contributed by atoms with Crippen LogP contribution in [-0.4, -0.2) is 53.7 Å². The van der Waals surface area contributed by atoms with E-state index in [1.165, 1.54) is 11.0 Å². The predicted octanol–water partition coefficient (Wildman–Crippen LogP) is 4.52. The number of alkyl halides is 3. The molecule has 1 aromatic heterocycles. The maximum absolute atomic E-state index is 15.2. The maximum Gasteiger partial charge on any atom is 0.416 e. The minimum Gasteiger partial charge on any atom is -0.474 e. The lowest BCUT2D eigenvalue weighted by molar-refractivity contribution is -0.235. The van der Waals surface area contributed by atoms with E-state index >= 15 is 4.39 Å². The fourth-order valence-electron chi connectivity index (χ4n) is 6.22. The van der Waals surface area contributed by atoms with Crippen LogP contribution >= 0.6 is 0 Å². The Labute approximate surface area is 217 Å². The molecule has 2 aromatic rings. The van der Waals surface area contributed by atoms with Crippen LogP contribution < -0.4 is 15.6 Å². The Bertz CT molecular complexity index is 1290. The van der Waals surface area contributed by atoms with Gasteiger partial charge >= 0.3 is 6.18 Å². The summed E-state index contributed by atoms with van der Waals surface area (Å²) < 4.78 is 65.8. The van der Waals surface area contributed by atoms with E-state index in [1.807, 2.05) is 13.0 Å². The summed E-state index contributed by atoms with van der Waals surface area (Å²) in [4.78, 5) is 19.9. The molecule has 0 bridgehead atoms. The van der Waals surface area contributed by atoms with Gasteiger partial charge in [0.15, 0.2) is 11.9 Å². The molecule has 2 aliphatic carbocycles. The number of carbonyl (C=O) groups is 1. The van der Waals surface area contributed by atoms with Gasteiger partial charge in [-0.05, 0) is 24.6 Å². The second-order valence-electron chi connectivity index (χ2n) is 10.5. The van der Waals surface area contributed by atoms with Gasteiger partial charge in [-0.25, -0.2) is 14.8 Å². The van der Waals surface area contributed by atoms with E-state index in [0.29, 0.717) is 35.5 Å². The van der Waals surface area contributed by atoms with Gasteiger partial charge in [0.05, 0.1) is 36.0 Å². The summed E-state index contributed by atoms with van der Waals surface area (Å²) in [7, 11) is 0. The summed E-state index contributed by atoms with van der Waals surface area (Å²) in [6.45, 7) is 5.76. The number of morpholine rings is 1. The molecule has 0 amide bonds. The van der Waals surface area contributed by atoms with E-state index in [0.717, 1.165) is 11.4 Å². The number of hydrazine groups is 1. The molecule has 3 atom stereocenters. The number of nitrogens with zero attached hydrogens (tertiary/aromatic N) is 2. The topological polar surface area (TPSA) is 75.7 Å². The molecule has 3 heterocycles. The fraction of sp³-hybridized carbons (Fsp3) is 0.481. The number of allylic oxidation sites excluding steroid dienone is 1. The van der Waals surface area contributed by atoms with Crippen molar-refractivity contribution in [1.82, 2.24) is 15.3 Å². The quantitative estimate of drug-likeness (QED) is 0.549. The highest BCUT2D eigenvalue weighted by Gasteiger charge is 2.61. The average Bonchev–Trinajstić information content (AvgIpc) is 3.35. The van der Waals surface area contributed by atoms with Crippen LogP contribution in [0.3, 0.4) is 0 Å². The lowest BCUT2D eigenvalue weighted by Crippen LogP contribution is -2.52. The number of carbonyl (C=O) groups excluding carboxylic acids is 1. The highest BCUT2D eigenvalue weighted by Crippen LogP contribution is 2.57. The van der Waals surface area contributed by atoms with Gasteiger partial charge in [-0.15, -0.1) is 0 Å². The monoisotopic (exact) mass is 532 g/mol. The second kappa shape index (κ2) is 8.94. The standard InChI is InChI=1S/C27H28F4N4O3/c1-14(35-8-9-37-21(13-35)27(29,30)31)10-18-17-4-3-5-19(28)23(17)26(25(18)36)11-16(12-26)38-22-7-6-20-24(32-22)15(2)33-34-20/h3-7,15-16,18,21,33-34H,1,8-13H2,2H3/t15?,16?,18?,21-,26?/m0/s1. The molecule has 6 rings (SSSR count). The Morgan fingerprint density at radius 3 is 2.84 bits per heavy atom. The van der Waals surface area contributed by atoms with Gasteiger partial charge in [0.2, 0.25) is 5.88 Å². The molecular formula is C27H28F4N4O3. The second-order valence-corrected chi connectivity index (χ2v) is 10.5. The molecule has 1 spiro atoms. The zero-order valence-electron chi connectivity index (χ0n) is 20.8. The van der Waals surface area contributed by atoms with Gasteiger partial charge in [-0.3, -0.25) is 4.79 Å². The summed E-state index contributed by atoms with van der Waals surface area (Å²) >= 11 is 0. The summed E-state index contributed by atoms with van der Waals surface area (Å²) in [6.07, 6.45) is -5.97. The van der Waals surface area contributed by atoms with Gasteiger partial charge in [-0.1, -0.05) is 18.7 Å². The number of hydrogen-bond acceptors (Lipinski definition) is 7. The van der Waals surface area contributed by atoms with Gasteiger partial charge < -0.3 is 19.8 Å². The predicted molar refractivity (Wildman–Crippen MR) is 130 cm³/mol. The highest BCUT2D eigenvalue weighted by atomic mass is 19.4. The van der Waals surface area contributed by atoms with Gasteiger partial charge in [0, 0.05) is 49.1 Å². The van der Waals surface area contributed by atoms with Crippen molar-refractivity contribution in [1.29, 1.82) is 0 Å². The van der Waals surface area contributed by atoms with Crippen LogP contribution in [0.15, 0.2) is 42.6 Å². The Balaban J connectivity index is 1.19. The largest absolute Gasteiger partial charge is 0.474 e. The van der Waals surface area contributed by atoms with Crippen LogP contribution in [0.1, 0.15) is 55.0 Å². The average molecular weight is 533 g/mol. The lowest BCUT2D eigenvalue weighted by atomic mass is 9.62. The molecule has 2 N–H and O–H groups in total. The number of halogens is 4. The third-order valence-electron chi connectivity index (χ3n) is 8.18. The molecular weight excluding hydrogens is 504 g/mol. The number of fused-ring (bicyclic) bond motifs is 3. The van der Waals surface area contributed by atoms with E-state index in [-0.39, 0.29) is 44.0 Å². The zero-order valence-corrected chi connectivity index (χ0v) is 20.8. The first-order valence-electron chi connectivity index (χ1n) is 12.7. The maximum atomic E-state index is 15.2. The number of anilines is 1. The van der Waals surface area contributed by atoms with Crippen molar-refractivity contribution >= 4 is 11.5 Å². The van der Waals surface area contributed by atoms with Crippen molar-refractivity contribution in [3.8, 4) is 5.88 Å². The third-order valence-corrected chi connectivity index (χ3v) is 8.18. The van der Waals surface area contributed by atoms with Crippen LogP contribution in [0.2, 0.25) is 0 Å². The van der Waals surface area contributed by atoms with Gasteiger partial charge in [0.25, 0.3) is 0 Å². The highest BCUT2D eigenvalue weighted by molar-refractivity contribution is 6.01. The summed E-state index contributed by atoms with van der Waals surface area (Å²) in [6, 6.07) is 8.29. The van der Waals surface area contributed by atoms with Crippen LogP contribution in [0, 0.1) is 5.82 Å². The smallest absolute Gasteiger partial charge is 0.416 e. The number of Topliss-reactive ketones (excluding diaryl/α,β-unsaturated/α-hetero) is 1. The van der Waals surface area contributed by atoms with E-state index in [1.54, 1.807) is 18.2 Å². The van der Waals surface area contributed by atoms with E-state index < -0.39 is 29.4 Å². The van der Waals surface area contributed by atoms with Gasteiger partial charge in [-0.2, -0.15) is 13.2 Å². The first-order chi connectivity index (χ1) is 18.1. The summed E-state index contributed by atoms with van der Waals surface area (Å²) in [5, 5.41) is 0. The number of ether oxygens (including phenoxy) is 2. The normalized spacial score (nSPS) is 30.0. The molecule has 2 aliphatic heterocycles. The van der Waals surface area contributed by atoms with Crippen LogP contribution in [0.4, 0.5) is 23.2 Å². The molecule has 2 unspecified atom stereocenters. The van der Waals surface area contributed by atoms with Crippen molar-refractivity contribution in [2.45, 2.75) is 61.9 Å². The van der Waals surface area contributed by atoms with Crippen LogP contribution in [0.25, 0.3) is 0 Å². The SMILES string of the molecule is C=C(CC1C(=O)C2(CC(Oc3ccc4c(n3)C(C)NN4)C2)c2c(F)cccc21)N1CCO[C@H](C(F)(F)F)C1. The van der Waals surface area contributed by atoms with Crippen molar-refractivity contribution in [3.05, 3.63) is 65.2 Å². The Morgan fingerprint density at radius 2 is 2.08 bits per heavy atom. The summed E-state index contributed by atoms with van der Waals surface area (Å²) in [5.41, 5.74) is 8.19. The molecule has 7 nitrogen and oxygen atoms in total. The first kappa shape index (κ1) is 25.1. The molecule has 2 fully saturated rings. The molecule has 4 aliphatic rings. The number of nitrogens with one attached hydrogen (secondary N) is 2. The van der Waals surface area contributed by atoms with Gasteiger partial charge in [0.1, 0.15) is 11.9 Å². The number of ketones is 1. The Hall–Kier alpha value is -3.18. The zero-order chi connectivity index (χ0) is 26.8. The number of pyridine rings is 1. The minimum atomic E-state index is -4.48. The number of hydrogen-bond donors (Lipinski definition) is 2. The van der Waals surface area contributed by atoms with Crippen molar-refractivity contribution in [2.75, 3.05) is 25.1 Å². The summed E-state index contributed by atoms with van der Waals surface area (Å²) in [5.74, 6) is -0.829. The molecule has 0 radical (unpaired) electrons. The molecule has 38 heavy (non-hydrogen) atoms. The van der Waals surface area contributed by atoms with Crippen molar-refractivity contribution < 1.29 is 31.8 Å². The van der Waals surface area contributed by atoms with Crippen molar-refractivity contribution in [2.24, 2.45) is 0 Å². The first-order valence-corrected chi connectivity index (χ1v) is 12.7.